The first kappa shape index (κ1) is 17.2. The van der Waals surface area contributed by atoms with E-state index in [4.69, 9.17) is 0 Å². The second-order valence-electron chi connectivity index (χ2n) is 6.18. The van der Waals surface area contributed by atoms with Crippen LogP contribution in [0.4, 0.5) is 0 Å². The van der Waals surface area contributed by atoms with Crippen molar-refractivity contribution in [1.82, 2.24) is 5.32 Å². The third-order valence-electron chi connectivity index (χ3n) is 4.29. The number of rotatable bonds is 10. The van der Waals surface area contributed by atoms with E-state index in [1.165, 1.54) is 68.1 Å². The Bertz CT molecular complexity index is 370. The van der Waals surface area contributed by atoms with E-state index in [-0.39, 0.29) is 0 Å². The number of likely N-dealkylation sites (N-methyl/N-ethyl adjacent to an activating group) is 1. The van der Waals surface area contributed by atoms with Crippen LogP contribution in [0.25, 0.3) is 0 Å². The highest BCUT2D eigenvalue weighted by molar-refractivity contribution is 5.31. The van der Waals surface area contributed by atoms with Crippen molar-refractivity contribution < 1.29 is 0 Å². The lowest BCUT2D eigenvalue weighted by atomic mass is 9.96. The molecule has 1 aromatic carbocycles. The van der Waals surface area contributed by atoms with Crippen LogP contribution in [0.3, 0.4) is 0 Å². The van der Waals surface area contributed by atoms with Gasteiger partial charge >= 0.3 is 0 Å². The molecule has 20 heavy (non-hydrogen) atoms. The summed E-state index contributed by atoms with van der Waals surface area (Å²) >= 11 is 0. The molecular weight excluding hydrogens is 242 g/mol. The fraction of sp³-hybridized carbons (Fsp3) is 0.684. The van der Waals surface area contributed by atoms with Crippen molar-refractivity contribution in [1.29, 1.82) is 0 Å². The molecule has 0 amide bonds. The number of nitrogens with one attached hydrogen (secondary N) is 1. The minimum atomic E-state index is 0.627. The minimum Gasteiger partial charge on any atom is -0.317 e. The highest BCUT2D eigenvalue weighted by Crippen LogP contribution is 2.16. The van der Waals surface area contributed by atoms with Crippen LogP contribution in [0.2, 0.25) is 0 Å². The first-order valence-corrected chi connectivity index (χ1v) is 8.40. The average molecular weight is 275 g/mol. The molecule has 0 heterocycles. The molecule has 1 unspecified atom stereocenters. The van der Waals surface area contributed by atoms with Gasteiger partial charge in [-0.2, -0.15) is 0 Å². The van der Waals surface area contributed by atoms with Gasteiger partial charge in [-0.15, -0.1) is 0 Å². The van der Waals surface area contributed by atoms with Gasteiger partial charge in [-0.05, 0) is 44.9 Å². The monoisotopic (exact) mass is 275 g/mol. The van der Waals surface area contributed by atoms with E-state index in [1.54, 1.807) is 0 Å². The fourth-order valence-corrected chi connectivity index (χ4v) is 2.81. The Labute approximate surface area is 126 Å². The molecule has 1 aromatic rings. The molecule has 0 aliphatic rings. The van der Waals surface area contributed by atoms with E-state index >= 15 is 0 Å². The van der Waals surface area contributed by atoms with Crippen LogP contribution in [0.15, 0.2) is 18.2 Å². The molecule has 1 N–H and O–H groups in total. The summed E-state index contributed by atoms with van der Waals surface area (Å²) in [5.74, 6) is 0. The van der Waals surface area contributed by atoms with Gasteiger partial charge in [0.05, 0.1) is 0 Å². The second-order valence-corrected chi connectivity index (χ2v) is 6.18. The third-order valence-corrected chi connectivity index (χ3v) is 4.29. The van der Waals surface area contributed by atoms with Crippen LogP contribution in [-0.2, 0) is 6.42 Å². The SMILES string of the molecule is CCCCCCCCC(Cc1cc(C)ccc1C)NC. The van der Waals surface area contributed by atoms with Crippen molar-refractivity contribution in [2.75, 3.05) is 7.05 Å². The average Bonchev–Trinajstić information content (AvgIpc) is 2.45. The molecule has 1 heteroatoms. The first-order chi connectivity index (χ1) is 9.67. The molecule has 0 aliphatic carbocycles. The summed E-state index contributed by atoms with van der Waals surface area (Å²) in [6, 6.07) is 7.44. The molecule has 0 spiro atoms. The third kappa shape index (κ3) is 6.56. The van der Waals surface area contributed by atoms with E-state index in [9.17, 15) is 0 Å². The Kier molecular flexibility index (Phi) is 8.60. The van der Waals surface area contributed by atoms with Gasteiger partial charge in [0.15, 0.2) is 0 Å². The Morgan fingerprint density at radius 1 is 1.00 bits per heavy atom. The Morgan fingerprint density at radius 3 is 2.40 bits per heavy atom. The maximum atomic E-state index is 3.50. The molecule has 1 atom stereocenters. The maximum Gasteiger partial charge on any atom is 0.0105 e. The molecule has 114 valence electrons. The van der Waals surface area contributed by atoms with E-state index in [1.807, 2.05) is 0 Å². The van der Waals surface area contributed by atoms with Crippen LogP contribution < -0.4 is 5.32 Å². The summed E-state index contributed by atoms with van der Waals surface area (Å²) < 4.78 is 0. The molecule has 0 fully saturated rings. The van der Waals surface area contributed by atoms with Crippen LogP contribution in [0.5, 0.6) is 0 Å². The van der Waals surface area contributed by atoms with Gasteiger partial charge in [-0.1, -0.05) is 69.2 Å². The zero-order chi connectivity index (χ0) is 14.8. The predicted octanol–water partition coefficient (Wildman–Crippen LogP) is 5.18. The van der Waals surface area contributed by atoms with Crippen LogP contribution in [0.1, 0.15) is 68.6 Å². The Morgan fingerprint density at radius 2 is 1.70 bits per heavy atom. The second kappa shape index (κ2) is 9.99. The lowest BCUT2D eigenvalue weighted by Crippen LogP contribution is -2.27. The van der Waals surface area contributed by atoms with E-state index < -0.39 is 0 Å². The summed E-state index contributed by atoms with van der Waals surface area (Å²) in [6.45, 7) is 6.69. The summed E-state index contributed by atoms with van der Waals surface area (Å²) in [5.41, 5.74) is 4.31. The largest absolute Gasteiger partial charge is 0.317 e. The first-order valence-electron chi connectivity index (χ1n) is 8.40. The molecule has 1 rings (SSSR count). The van der Waals surface area contributed by atoms with Gasteiger partial charge in [-0.25, -0.2) is 0 Å². The number of aryl methyl sites for hydroxylation is 2. The van der Waals surface area contributed by atoms with Crippen LogP contribution in [-0.4, -0.2) is 13.1 Å². The topological polar surface area (TPSA) is 12.0 Å². The normalized spacial score (nSPS) is 12.6. The quantitative estimate of drug-likeness (QED) is 0.580. The zero-order valence-corrected chi connectivity index (χ0v) is 14.0. The lowest BCUT2D eigenvalue weighted by Gasteiger charge is -2.18. The van der Waals surface area contributed by atoms with Gasteiger partial charge in [0.1, 0.15) is 0 Å². The van der Waals surface area contributed by atoms with Gasteiger partial charge in [0.2, 0.25) is 0 Å². The Hall–Kier alpha value is -0.820. The van der Waals surface area contributed by atoms with Crippen molar-refractivity contribution >= 4 is 0 Å². The van der Waals surface area contributed by atoms with Gasteiger partial charge in [0, 0.05) is 6.04 Å². The highest BCUT2D eigenvalue weighted by Gasteiger charge is 2.09. The number of benzene rings is 1. The minimum absolute atomic E-state index is 0.627. The molecule has 0 aliphatic heterocycles. The predicted molar refractivity (Wildman–Crippen MR) is 90.5 cm³/mol. The van der Waals surface area contributed by atoms with Gasteiger partial charge in [-0.3, -0.25) is 0 Å². The maximum absolute atomic E-state index is 3.50. The molecule has 1 nitrogen and oxygen atoms in total. The standard InChI is InChI=1S/C19H33N/c1-5-6-7-8-9-10-11-19(20-4)15-18-14-16(2)12-13-17(18)3/h12-14,19-20H,5-11,15H2,1-4H3. The number of hydrogen-bond acceptors (Lipinski definition) is 1. The molecule has 0 saturated carbocycles. The number of hydrogen-bond donors (Lipinski definition) is 1. The lowest BCUT2D eigenvalue weighted by molar-refractivity contribution is 0.479. The molecule has 0 saturated heterocycles. The van der Waals surface area contributed by atoms with Crippen molar-refractivity contribution in [2.24, 2.45) is 0 Å². The van der Waals surface area contributed by atoms with Crippen molar-refractivity contribution in [3.8, 4) is 0 Å². The summed E-state index contributed by atoms with van der Waals surface area (Å²) in [4.78, 5) is 0. The summed E-state index contributed by atoms with van der Waals surface area (Å²) in [7, 11) is 2.10. The summed E-state index contributed by atoms with van der Waals surface area (Å²) in [6.07, 6.45) is 10.8. The van der Waals surface area contributed by atoms with Crippen molar-refractivity contribution in [3.63, 3.8) is 0 Å². The zero-order valence-electron chi connectivity index (χ0n) is 14.0. The smallest absolute Gasteiger partial charge is 0.0105 e. The van der Waals surface area contributed by atoms with Crippen molar-refractivity contribution in [3.05, 3.63) is 34.9 Å². The van der Waals surface area contributed by atoms with Crippen LogP contribution >= 0.6 is 0 Å². The molecule has 0 radical (unpaired) electrons. The van der Waals surface area contributed by atoms with E-state index in [0.29, 0.717) is 6.04 Å². The van der Waals surface area contributed by atoms with Gasteiger partial charge < -0.3 is 5.32 Å². The molecule has 0 aromatic heterocycles. The van der Waals surface area contributed by atoms with Crippen molar-refractivity contribution in [2.45, 2.75) is 78.2 Å². The molecular formula is C19H33N. The fourth-order valence-electron chi connectivity index (χ4n) is 2.81. The highest BCUT2D eigenvalue weighted by atomic mass is 14.9. The molecule has 0 bridgehead atoms. The summed E-state index contributed by atoms with van der Waals surface area (Å²) in [5, 5.41) is 3.50. The van der Waals surface area contributed by atoms with E-state index in [2.05, 4.69) is 51.3 Å². The van der Waals surface area contributed by atoms with E-state index in [0.717, 1.165) is 0 Å². The van der Waals surface area contributed by atoms with Crippen LogP contribution in [0, 0.1) is 13.8 Å². The van der Waals surface area contributed by atoms with Gasteiger partial charge in [0.25, 0.3) is 0 Å². The Balaban J connectivity index is 2.33. The number of unbranched alkanes of at least 4 members (excludes halogenated alkanes) is 5.